The number of hydrogen-bond donors (Lipinski definition) is 3. The Morgan fingerprint density at radius 2 is 1.56 bits per heavy atom. The van der Waals surface area contributed by atoms with Crippen LogP contribution in [0.1, 0.15) is 25.3 Å². The molecule has 0 aliphatic carbocycles. The van der Waals surface area contributed by atoms with Crippen molar-refractivity contribution in [1.82, 2.24) is 10.9 Å². The van der Waals surface area contributed by atoms with Gasteiger partial charge in [0.2, 0.25) is 11.8 Å². The molecule has 0 fully saturated rings. The van der Waals surface area contributed by atoms with Crippen LogP contribution in [0.4, 0.5) is 10.1 Å². The Balaban J connectivity index is 1.74. The predicted octanol–water partition coefficient (Wildman–Crippen LogP) is 3.23. The van der Waals surface area contributed by atoms with E-state index in [1.165, 1.54) is 24.3 Å². The summed E-state index contributed by atoms with van der Waals surface area (Å²) >= 11 is 0. The third kappa shape index (κ3) is 6.10. The monoisotopic (exact) mass is 341 g/mol. The summed E-state index contributed by atoms with van der Waals surface area (Å²) in [6.07, 6.45) is 1.91. The highest BCUT2D eigenvalue weighted by Crippen LogP contribution is 2.10. The molecule has 2 aromatic rings. The van der Waals surface area contributed by atoms with E-state index in [0.717, 1.165) is 11.3 Å². The lowest BCUT2D eigenvalue weighted by Gasteiger charge is -2.12. The number of nitrogens with one attached hydrogen (secondary N) is 3. The Bertz CT molecular complexity index is 743. The largest absolute Gasteiger partial charge is 0.326 e. The molecular formula is C19H20FN3O2. The number of hydrazine groups is 1. The fourth-order valence-corrected chi connectivity index (χ4v) is 2.11. The van der Waals surface area contributed by atoms with E-state index in [1.807, 2.05) is 43.3 Å². The Labute approximate surface area is 145 Å². The molecule has 0 atom stereocenters. The van der Waals surface area contributed by atoms with E-state index in [-0.39, 0.29) is 30.5 Å². The summed E-state index contributed by atoms with van der Waals surface area (Å²) in [5, 5.41) is 2.61. The highest BCUT2D eigenvalue weighted by Gasteiger charge is 2.08. The average Bonchev–Trinajstić information content (AvgIpc) is 2.63. The van der Waals surface area contributed by atoms with Crippen molar-refractivity contribution in [3.05, 3.63) is 72.1 Å². The van der Waals surface area contributed by atoms with E-state index in [1.54, 1.807) is 0 Å². The maximum Gasteiger partial charge on any atom is 0.238 e. The summed E-state index contributed by atoms with van der Waals surface area (Å²) < 4.78 is 12.8. The first-order valence-electron chi connectivity index (χ1n) is 7.90. The molecule has 0 aromatic heterocycles. The van der Waals surface area contributed by atoms with Crippen molar-refractivity contribution in [2.24, 2.45) is 0 Å². The molecule has 0 saturated carbocycles. The third-order valence-electron chi connectivity index (χ3n) is 3.42. The zero-order chi connectivity index (χ0) is 18.1. The van der Waals surface area contributed by atoms with Gasteiger partial charge in [0.1, 0.15) is 5.82 Å². The predicted molar refractivity (Wildman–Crippen MR) is 95.6 cm³/mol. The number of anilines is 1. The van der Waals surface area contributed by atoms with Crippen LogP contribution >= 0.6 is 0 Å². The highest BCUT2D eigenvalue weighted by atomic mass is 19.1. The van der Waals surface area contributed by atoms with Crippen molar-refractivity contribution in [3.8, 4) is 0 Å². The minimum absolute atomic E-state index is 0.0292. The molecule has 0 aliphatic rings. The summed E-state index contributed by atoms with van der Waals surface area (Å²) in [4.78, 5) is 23.7. The van der Waals surface area contributed by atoms with Crippen LogP contribution in [-0.4, -0.2) is 11.8 Å². The number of hydrogen-bond acceptors (Lipinski definition) is 3. The topological polar surface area (TPSA) is 70.2 Å². The first kappa shape index (κ1) is 18.2. The maximum atomic E-state index is 12.8. The van der Waals surface area contributed by atoms with E-state index < -0.39 is 0 Å². The van der Waals surface area contributed by atoms with Crippen molar-refractivity contribution in [3.63, 3.8) is 0 Å². The van der Waals surface area contributed by atoms with E-state index in [4.69, 9.17) is 0 Å². The number of benzene rings is 2. The van der Waals surface area contributed by atoms with Gasteiger partial charge in [-0.3, -0.25) is 20.4 Å². The molecular weight excluding hydrogens is 321 g/mol. The molecule has 130 valence electrons. The molecule has 3 N–H and O–H groups in total. The van der Waals surface area contributed by atoms with Gasteiger partial charge in [-0.1, -0.05) is 36.4 Å². The van der Waals surface area contributed by atoms with Crippen molar-refractivity contribution < 1.29 is 14.0 Å². The Morgan fingerprint density at radius 1 is 0.920 bits per heavy atom. The highest BCUT2D eigenvalue weighted by molar-refractivity contribution is 5.93. The Morgan fingerprint density at radius 3 is 2.20 bits per heavy atom. The van der Waals surface area contributed by atoms with Gasteiger partial charge >= 0.3 is 0 Å². The molecule has 0 spiro atoms. The second-order valence-corrected chi connectivity index (χ2v) is 5.30. The molecule has 2 amide bonds. The molecule has 0 saturated heterocycles. The normalized spacial score (nSPS) is 10.9. The van der Waals surface area contributed by atoms with Crippen LogP contribution in [0.3, 0.4) is 0 Å². The fourth-order valence-electron chi connectivity index (χ4n) is 2.11. The van der Waals surface area contributed by atoms with Crippen LogP contribution in [0, 0.1) is 5.82 Å². The number of carbonyl (C=O) groups is 2. The van der Waals surface area contributed by atoms with E-state index in [2.05, 4.69) is 16.2 Å². The SMILES string of the molecule is CC=C(NNC(=O)CCC(=O)Nc1ccc(F)cc1)c1ccccc1. The first-order valence-corrected chi connectivity index (χ1v) is 7.90. The molecule has 0 aliphatic heterocycles. The molecule has 5 nitrogen and oxygen atoms in total. The summed E-state index contributed by atoms with van der Waals surface area (Å²) in [7, 11) is 0. The van der Waals surface area contributed by atoms with Gasteiger partial charge < -0.3 is 5.32 Å². The molecule has 25 heavy (non-hydrogen) atoms. The fraction of sp³-hybridized carbons (Fsp3) is 0.158. The minimum Gasteiger partial charge on any atom is -0.326 e. The second-order valence-electron chi connectivity index (χ2n) is 5.30. The summed E-state index contributed by atoms with van der Waals surface area (Å²) in [5.41, 5.74) is 7.63. The minimum atomic E-state index is -0.373. The van der Waals surface area contributed by atoms with Crippen molar-refractivity contribution in [1.29, 1.82) is 0 Å². The molecule has 0 heterocycles. The van der Waals surface area contributed by atoms with Crippen LogP contribution < -0.4 is 16.2 Å². The Hall–Kier alpha value is -3.15. The van der Waals surface area contributed by atoms with E-state index in [9.17, 15) is 14.0 Å². The first-order chi connectivity index (χ1) is 12.1. The Kier molecular flexibility index (Phi) is 6.71. The van der Waals surface area contributed by atoms with Gasteiger partial charge in [-0.05, 0) is 36.8 Å². The van der Waals surface area contributed by atoms with Gasteiger partial charge in [0.05, 0.1) is 5.70 Å². The van der Waals surface area contributed by atoms with Gasteiger partial charge in [0.15, 0.2) is 0 Å². The lowest BCUT2D eigenvalue weighted by atomic mass is 10.1. The van der Waals surface area contributed by atoms with Crippen LogP contribution in [-0.2, 0) is 9.59 Å². The van der Waals surface area contributed by atoms with Crippen molar-refractivity contribution >= 4 is 23.2 Å². The van der Waals surface area contributed by atoms with Gasteiger partial charge in [-0.15, -0.1) is 0 Å². The van der Waals surface area contributed by atoms with Gasteiger partial charge in [-0.2, -0.15) is 0 Å². The summed E-state index contributed by atoms with van der Waals surface area (Å²) in [6.45, 7) is 1.86. The summed E-state index contributed by atoms with van der Waals surface area (Å²) in [6, 6.07) is 15.0. The van der Waals surface area contributed by atoms with Gasteiger partial charge in [0.25, 0.3) is 0 Å². The number of halogens is 1. The van der Waals surface area contributed by atoms with Crippen LogP contribution in [0.2, 0.25) is 0 Å². The van der Waals surface area contributed by atoms with Crippen LogP contribution in [0.15, 0.2) is 60.7 Å². The zero-order valence-corrected chi connectivity index (χ0v) is 13.9. The second kappa shape index (κ2) is 9.22. The zero-order valence-electron chi connectivity index (χ0n) is 13.9. The van der Waals surface area contributed by atoms with E-state index >= 15 is 0 Å². The molecule has 0 unspecified atom stereocenters. The maximum absolute atomic E-state index is 12.8. The molecule has 2 aromatic carbocycles. The van der Waals surface area contributed by atoms with Crippen molar-refractivity contribution in [2.45, 2.75) is 19.8 Å². The quantitative estimate of drug-likeness (QED) is 0.677. The van der Waals surface area contributed by atoms with Crippen LogP contribution in [0.5, 0.6) is 0 Å². The molecule has 0 radical (unpaired) electrons. The smallest absolute Gasteiger partial charge is 0.238 e. The number of amides is 2. The number of rotatable bonds is 7. The molecule has 6 heteroatoms. The van der Waals surface area contributed by atoms with E-state index in [0.29, 0.717) is 5.69 Å². The average molecular weight is 341 g/mol. The standard InChI is InChI=1S/C19H20FN3O2/c1-2-17(14-6-4-3-5-7-14)22-23-19(25)13-12-18(24)21-16-10-8-15(20)9-11-16/h2-11,22H,12-13H2,1H3,(H,21,24)(H,23,25). The van der Waals surface area contributed by atoms with Gasteiger partial charge in [-0.25, -0.2) is 4.39 Å². The van der Waals surface area contributed by atoms with Crippen LogP contribution in [0.25, 0.3) is 5.70 Å². The third-order valence-corrected chi connectivity index (χ3v) is 3.42. The van der Waals surface area contributed by atoms with Gasteiger partial charge in [0, 0.05) is 18.5 Å². The number of allylic oxidation sites excluding steroid dienone is 1. The van der Waals surface area contributed by atoms with Crippen molar-refractivity contribution in [2.75, 3.05) is 5.32 Å². The number of carbonyl (C=O) groups excluding carboxylic acids is 2. The lowest BCUT2D eigenvalue weighted by Crippen LogP contribution is -2.36. The summed E-state index contributed by atoms with van der Waals surface area (Å²) in [5.74, 6) is -0.984. The molecule has 2 rings (SSSR count). The lowest BCUT2D eigenvalue weighted by molar-refractivity contribution is -0.124. The molecule has 0 bridgehead atoms.